The highest BCUT2D eigenvalue weighted by atomic mass is 16.2. The summed E-state index contributed by atoms with van der Waals surface area (Å²) < 4.78 is 0. The Kier molecular flexibility index (Phi) is 9.68. The Morgan fingerprint density at radius 1 is 0.717 bits per heavy atom. The molecule has 0 aliphatic carbocycles. The lowest BCUT2D eigenvalue weighted by Gasteiger charge is -2.24. The molecule has 2 aliphatic heterocycles. The van der Waals surface area contributed by atoms with E-state index < -0.39 is 0 Å². The lowest BCUT2D eigenvalue weighted by Crippen LogP contribution is -2.39. The van der Waals surface area contributed by atoms with Crippen molar-refractivity contribution in [3.63, 3.8) is 0 Å². The van der Waals surface area contributed by atoms with Crippen molar-refractivity contribution < 1.29 is 9.59 Å². The highest BCUT2D eigenvalue weighted by molar-refractivity contribution is 5.79. The Balaban J connectivity index is 1.09. The Morgan fingerprint density at radius 2 is 1.17 bits per heavy atom. The van der Waals surface area contributed by atoms with E-state index in [0.717, 1.165) is 90.6 Å². The minimum atomic E-state index is -0.00435. The second-order valence-corrected chi connectivity index (χ2v) is 13.6. The van der Waals surface area contributed by atoms with Gasteiger partial charge in [0.05, 0.1) is 42.4 Å². The Morgan fingerprint density at radius 3 is 1.63 bits per heavy atom. The molecule has 0 bridgehead atoms. The molecule has 2 atom stereocenters. The van der Waals surface area contributed by atoms with Gasteiger partial charge in [0.15, 0.2) is 0 Å². The topological polar surface area (TPSA) is 110 Å². The van der Waals surface area contributed by atoms with Crippen LogP contribution in [0.4, 0.5) is 0 Å². The van der Waals surface area contributed by atoms with Gasteiger partial charge in [0.1, 0.15) is 11.6 Å². The fraction of sp³-hybridized carbons (Fsp3) is 0.459. The first kappa shape index (κ1) is 31.7. The molecule has 2 saturated heterocycles. The van der Waals surface area contributed by atoms with E-state index in [1.54, 1.807) is 0 Å². The second kappa shape index (κ2) is 14.0. The molecule has 9 heteroatoms. The maximum atomic E-state index is 12.9. The van der Waals surface area contributed by atoms with Crippen molar-refractivity contribution in [2.75, 3.05) is 26.2 Å². The Hall–Kier alpha value is -4.24. The molecule has 0 radical (unpaired) electrons. The van der Waals surface area contributed by atoms with Crippen molar-refractivity contribution >= 4 is 11.8 Å². The molecule has 0 spiro atoms. The van der Waals surface area contributed by atoms with Gasteiger partial charge in [-0.3, -0.25) is 9.59 Å². The summed E-state index contributed by atoms with van der Waals surface area (Å²) >= 11 is 0. The van der Waals surface area contributed by atoms with Crippen molar-refractivity contribution in [3.8, 4) is 33.6 Å². The third-order valence-corrected chi connectivity index (χ3v) is 9.11. The van der Waals surface area contributed by atoms with E-state index in [0.29, 0.717) is 24.8 Å². The third-order valence-electron chi connectivity index (χ3n) is 9.11. The number of benzene rings is 2. The number of H-pyrrole nitrogens is 2. The maximum absolute atomic E-state index is 12.9. The largest absolute Gasteiger partial charge is 0.340 e. The molecule has 6 rings (SSSR count). The molecule has 2 amide bonds. The first-order valence-corrected chi connectivity index (χ1v) is 16.9. The van der Waals surface area contributed by atoms with Crippen LogP contribution in [0.3, 0.4) is 0 Å². The van der Waals surface area contributed by atoms with E-state index >= 15 is 0 Å². The zero-order chi connectivity index (χ0) is 32.2. The summed E-state index contributed by atoms with van der Waals surface area (Å²) in [5.74, 6) is 2.95. The van der Waals surface area contributed by atoms with E-state index in [1.807, 2.05) is 22.2 Å². The molecule has 242 valence electrons. The van der Waals surface area contributed by atoms with Gasteiger partial charge in [-0.2, -0.15) is 0 Å². The number of amides is 2. The summed E-state index contributed by atoms with van der Waals surface area (Å²) in [7, 11) is 0. The number of aromatic nitrogens is 4. The van der Waals surface area contributed by atoms with E-state index in [2.05, 4.69) is 101 Å². The molecule has 46 heavy (non-hydrogen) atoms. The zero-order valence-electron chi connectivity index (χ0n) is 27.6. The second-order valence-electron chi connectivity index (χ2n) is 13.6. The van der Waals surface area contributed by atoms with Crippen LogP contribution in [0, 0.1) is 11.8 Å². The number of rotatable bonds is 11. The number of carbonyl (C=O) groups excluding carboxylic acids is 2. The van der Waals surface area contributed by atoms with Gasteiger partial charge in [-0.15, -0.1) is 0 Å². The first-order chi connectivity index (χ1) is 22.3. The van der Waals surface area contributed by atoms with Crippen LogP contribution in [-0.4, -0.2) is 67.7 Å². The fourth-order valence-electron chi connectivity index (χ4n) is 6.72. The van der Waals surface area contributed by atoms with E-state index in [1.165, 1.54) is 0 Å². The quantitative estimate of drug-likeness (QED) is 0.172. The predicted molar refractivity (Wildman–Crippen MR) is 182 cm³/mol. The van der Waals surface area contributed by atoms with E-state index in [-0.39, 0.29) is 23.9 Å². The molecule has 4 aromatic rings. The highest BCUT2D eigenvalue weighted by Gasteiger charge is 2.33. The van der Waals surface area contributed by atoms with Gasteiger partial charge in [0.2, 0.25) is 11.8 Å². The summed E-state index contributed by atoms with van der Waals surface area (Å²) in [6, 6.07) is 17.0. The number of aromatic amines is 2. The van der Waals surface area contributed by atoms with E-state index in [9.17, 15) is 9.59 Å². The number of nitrogens with one attached hydrogen (secondary N) is 3. The third kappa shape index (κ3) is 7.09. The molecular weight excluding hydrogens is 574 g/mol. The summed E-state index contributed by atoms with van der Waals surface area (Å²) in [5.41, 5.74) is 6.31. The molecule has 3 N–H and O–H groups in total. The summed E-state index contributed by atoms with van der Waals surface area (Å²) in [6.07, 6.45) is 8.20. The minimum absolute atomic E-state index is 0.00435. The van der Waals surface area contributed by atoms with Crippen LogP contribution >= 0.6 is 0 Å². The smallest absolute Gasteiger partial charge is 0.237 e. The molecule has 0 unspecified atom stereocenters. The molecule has 2 aromatic heterocycles. The van der Waals surface area contributed by atoms with Gasteiger partial charge in [-0.1, -0.05) is 76.2 Å². The molecule has 2 fully saturated rings. The number of likely N-dealkylation sites (tertiary alicyclic amines) is 2. The van der Waals surface area contributed by atoms with Crippen LogP contribution in [0.5, 0.6) is 0 Å². The van der Waals surface area contributed by atoms with Gasteiger partial charge < -0.3 is 25.1 Å². The standard InChI is InChI=1S/C37H47N7O2/c1-24(2)19-34(45)43-17-5-7-32(43)36-39-21-30(41-36)28-13-9-26(10-14-28)27-11-15-29(16-12-27)31-22-40-37(42-31)33-8-6-18-44(33)35(46)23-38-20-25(3)4/h9-16,21-22,24-25,32-33,38H,5-8,17-20,23H2,1-4H3,(H,39,41)(H,40,42)/t32-,33-/m0/s1. The average molecular weight is 622 g/mol. The van der Waals surface area contributed by atoms with Gasteiger partial charge >= 0.3 is 0 Å². The van der Waals surface area contributed by atoms with Crippen molar-refractivity contribution in [2.45, 2.75) is 71.9 Å². The summed E-state index contributed by atoms with van der Waals surface area (Å²) in [4.78, 5) is 46.0. The van der Waals surface area contributed by atoms with Crippen molar-refractivity contribution in [1.29, 1.82) is 0 Å². The van der Waals surface area contributed by atoms with Crippen molar-refractivity contribution in [1.82, 2.24) is 35.1 Å². The molecule has 4 heterocycles. The van der Waals surface area contributed by atoms with Crippen LogP contribution in [-0.2, 0) is 9.59 Å². The fourth-order valence-corrected chi connectivity index (χ4v) is 6.72. The summed E-state index contributed by atoms with van der Waals surface area (Å²) in [5, 5.41) is 3.28. The number of hydrogen-bond donors (Lipinski definition) is 3. The average Bonchev–Trinajstić information content (AvgIpc) is 3.87. The lowest BCUT2D eigenvalue weighted by molar-refractivity contribution is -0.133. The van der Waals surface area contributed by atoms with Gasteiger partial charge in [-0.05, 0) is 66.3 Å². The Bertz CT molecular complexity index is 1620. The van der Waals surface area contributed by atoms with Gasteiger partial charge in [0.25, 0.3) is 0 Å². The molecule has 0 saturated carbocycles. The lowest BCUT2D eigenvalue weighted by atomic mass is 10.0. The van der Waals surface area contributed by atoms with Crippen LogP contribution in [0.15, 0.2) is 60.9 Å². The number of carbonyl (C=O) groups is 2. The molecule has 9 nitrogen and oxygen atoms in total. The normalized spacial score (nSPS) is 18.3. The molecule has 2 aliphatic rings. The molecule has 2 aromatic carbocycles. The van der Waals surface area contributed by atoms with Crippen LogP contribution in [0.2, 0.25) is 0 Å². The zero-order valence-corrected chi connectivity index (χ0v) is 27.6. The van der Waals surface area contributed by atoms with Crippen molar-refractivity contribution in [2.24, 2.45) is 11.8 Å². The highest BCUT2D eigenvalue weighted by Crippen LogP contribution is 2.34. The SMILES string of the molecule is CC(C)CNCC(=O)N1CCC[C@H]1c1ncc(-c2ccc(-c3ccc(-c4cnc([C@@H]5CCCN5C(=O)CC(C)C)[nH]4)cc3)cc2)[nH]1. The van der Waals surface area contributed by atoms with Crippen molar-refractivity contribution in [3.05, 3.63) is 72.6 Å². The maximum Gasteiger partial charge on any atom is 0.237 e. The van der Waals surface area contributed by atoms with Gasteiger partial charge in [0, 0.05) is 19.5 Å². The summed E-state index contributed by atoms with van der Waals surface area (Å²) in [6.45, 7) is 11.2. The number of hydrogen-bond acceptors (Lipinski definition) is 5. The van der Waals surface area contributed by atoms with Gasteiger partial charge in [-0.25, -0.2) is 9.97 Å². The van der Waals surface area contributed by atoms with Crippen LogP contribution < -0.4 is 5.32 Å². The molecular formula is C37H47N7O2. The minimum Gasteiger partial charge on any atom is -0.340 e. The van der Waals surface area contributed by atoms with Crippen LogP contribution in [0.25, 0.3) is 33.6 Å². The first-order valence-electron chi connectivity index (χ1n) is 16.9. The number of imidazole rings is 2. The predicted octanol–water partition coefficient (Wildman–Crippen LogP) is 6.75. The monoisotopic (exact) mass is 621 g/mol. The number of nitrogens with zero attached hydrogens (tertiary/aromatic N) is 4. The Labute approximate surface area is 272 Å². The van der Waals surface area contributed by atoms with E-state index in [4.69, 9.17) is 0 Å². The van der Waals surface area contributed by atoms with Crippen LogP contribution in [0.1, 0.15) is 83.5 Å².